The molecule has 4 aromatic rings. The van der Waals surface area contributed by atoms with Crippen molar-refractivity contribution in [2.24, 2.45) is 0 Å². The van der Waals surface area contributed by atoms with E-state index < -0.39 is 0 Å². The van der Waals surface area contributed by atoms with Crippen molar-refractivity contribution in [1.82, 2.24) is 4.98 Å². The van der Waals surface area contributed by atoms with Gasteiger partial charge in [0.15, 0.2) is 0 Å². The molecule has 4 rings (SSSR count). The highest BCUT2D eigenvalue weighted by atomic mass is 16.5. The Balaban J connectivity index is 1.80. The fourth-order valence-electron chi connectivity index (χ4n) is 3.11. The van der Waals surface area contributed by atoms with E-state index in [4.69, 9.17) is 4.74 Å². The van der Waals surface area contributed by atoms with Crippen LogP contribution in [0.4, 0.5) is 0 Å². The van der Waals surface area contributed by atoms with Crippen LogP contribution >= 0.6 is 0 Å². The number of ether oxygens (including phenoxy) is 1. The van der Waals surface area contributed by atoms with Crippen LogP contribution in [0.25, 0.3) is 33.3 Å². The second kappa shape index (κ2) is 6.02. The molecule has 0 aliphatic heterocycles. The van der Waals surface area contributed by atoms with Gasteiger partial charge in [-0.1, -0.05) is 29.8 Å². The molecule has 0 saturated carbocycles. The number of rotatable bonds is 3. The number of H-pyrrole nitrogens is 1. The summed E-state index contributed by atoms with van der Waals surface area (Å²) < 4.78 is 5.22. The van der Waals surface area contributed by atoms with Crippen LogP contribution in [0.5, 0.6) is 11.5 Å². The van der Waals surface area contributed by atoms with Crippen LogP contribution in [-0.2, 0) is 0 Å². The maximum atomic E-state index is 10.4. The molecule has 1 aromatic heterocycles. The number of methoxy groups -OCH3 is 1. The Bertz CT molecular complexity index is 1050. The monoisotopic (exact) mass is 329 g/mol. The number of hydrogen-bond acceptors (Lipinski definition) is 2. The van der Waals surface area contributed by atoms with Crippen LogP contribution in [0, 0.1) is 6.92 Å². The van der Waals surface area contributed by atoms with Crippen LogP contribution < -0.4 is 4.74 Å². The summed E-state index contributed by atoms with van der Waals surface area (Å²) in [5.41, 5.74) is 6.11. The van der Waals surface area contributed by atoms with Gasteiger partial charge in [0.2, 0.25) is 0 Å². The molecule has 0 unspecified atom stereocenters. The fourth-order valence-corrected chi connectivity index (χ4v) is 3.11. The number of nitrogens with one attached hydrogen (secondary N) is 1. The number of phenols is 1. The maximum Gasteiger partial charge on any atom is 0.124 e. The summed E-state index contributed by atoms with van der Waals surface area (Å²) in [6.45, 7) is 2.08. The van der Waals surface area contributed by atoms with E-state index in [1.54, 1.807) is 13.2 Å². The zero-order valence-corrected chi connectivity index (χ0v) is 14.2. The number of aromatic nitrogens is 1. The molecule has 1 heterocycles. The van der Waals surface area contributed by atoms with Crippen molar-refractivity contribution >= 4 is 10.9 Å². The molecule has 0 atom stereocenters. The van der Waals surface area contributed by atoms with Crippen LogP contribution in [0.2, 0.25) is 0 Å². The van der Waals surface area contributed by atoms with Gasteiger partial charge >= 0.3 is 0 Å². The molecule has 124 valence electrons. The lowest BCUT2D eigenvalue weighted by Gasteiger charge is -2.08. The molecule has 0 spiro atoms. The van der Waals surface area contributed by atoms with Gasteiger partial charge in [0, 0.05) is 16.5 Å². The predicted molar refractivity (Wildman–Crippen MR) is 102 cm³/mol. The topological polar surface area (TPSA) is 45.2 Å². The highest BCUT2D eigenvalue weighted by molar-refractivity contribution is 5.88. The predicted octanol–water partition coefficient (Wildman–Crippen LogP) is 5.52. The van der Waals surface area contributed by atoms with Crippen molar-refractivity contribution in [1.29, 1.82) is 0 Å². The van der Waals surface area contributed by atoms with E-state index in [-0.39, 0.29) is 5.75 Å². The summed E-state index contributed by atoms with van der Waals surface area (Å²) >= 11 is 0. The number of hydrogen-bond donors (Lipinski definition) is 2. The van der Waals surface area contributed by atoms with Gasteiger partial charge in [-0.05, 0) is 60.5 Å². The molecule has 0 bridgehead atoms. The average Bonchev–Trinajstić information content (AvgIpc) is 3.05. The van der Waals surface area contributed by atoms with Crippen molar-refractivity contribution in [2.45, 2.75) is 6.92 Å². The largest absolute Gasteiger partial charge is 0.507 e. The smallest absolute Gasteiger partial charge is 0.124 e. The second-order valence-corrected chi connectivity index (χ2v) is 6.23. The summed E-state index contributed by atoms with van der Waals surface area (Å²) in [4.78, 5) is 3.40. The van der Waals surface area contributed by atoms with Gasteiger partial charge in [-0.25, -0.2) is 0 Å². The first-order valence-corrected chi connectivity index (χ1v) is 8.21. The third-order valence-electron chi connectivity index (χ3n) is 4.49. The molecule has 25 heavy (non-hydrogen) atoms. The minimum Gasteiger partial charge on any atom is -0.507 e. The Morgan fingerprint density at radius 3 is 2.36 bits per heavy atom. The summed E-state index contributed by atoms with van der Waals surface area (Å²) in [5, 5.41) is 11.5. The zero-order chi connectivity index (χ0) is 17.4. The molecule has 0 saturated heterocycles. The normalized spacial score (nSPS) is 11.0. The summed E-state index contributed by atoms with van der Waals surface area (Å²) in [6, 6.07) is 22.0. The summed E-state index contributed by atoms with van der Waals surface area (Å²) in [5.74, 6) is 1.09. The lowest BCUT2D eigenvalue weighted by atomic mass is 10.0. The molecular weight excluding hydrogens is 310 g/mol. The molecule has 3 aromatic carbocycles. The van der Waals surface area contributed by atoms with Crippen molar-refractivity contribution < 1.29 is 9.84 Å². The molecule has 3 heteroatoms. The molecule has 0 fully saturated rings. The number of aryl methyl sites for hydroxylation is 1. The first kappa shape index (κ1) is 15.3. The molecule has 2 N–H and O–H groups in total. The van der Waals surface area contributed by atoms with Crippen molar-refractivity contribution in [3.8, 4) is 33.9 Å². The Morgan fingerprint density at radius 2 is 1.60 bits per heavy atom. The van der Waals surface area contributed by atoms with E-state index >= 15 is 0 Å². The van der Waals surface area contributed by atoms with E-state index in [1.807, 2.05) is 36.4 Å². The Kier molecular flexibility index (Phi) is 3.69. The number of phenolic OH excluding ortho intramolecular Hbond substituents is 1. The van der Waals surface area contributed by atoms with Gasteiger partial charge in [-0.15, -0.1) is 0 Å². The van der Waals surface area contributed by atoms with E-state index in [1.165, 1.54) is 5.56 Å². The first-order chi connectivity index (χ1) is 12.1. The maximum absolute atomic E-state index is 10.4. The molecule has 3 nitrogen and oxygen atoms in total. The quantitative estimate of drug-likeness (QED) is 0.519. The van der Waals surface area contributed by atoms with E-state index in [0.29, 0.717) is 0 Å². The third kappa shape index (κ3) is 2.85. The third-order valence-corrected chi connectivity index (χ3v) is 4.49. The number of fused-ring (bicyclic) bond motifs is 1. The Hall–Kier alpha value is -3.20. The minimum atomic E-state index is 0.264. The van der Waals surface area contributed by atoms with Gasteiger partial charge < -0.3 is 14.8 Å². The molecule has 0 aliphatic rings. The van der Waals surface area contributed by atoms with Crippen LogP contribution in [0.15, 0.2) is 66.7 Å². The summed E-state index contributed by atoms with van der Waals surface area (Å²) in [6.07, 6.45) is 0. The molecule has 0 aliphatic carbocycles. The summed E-state index contributed by atoms with van der Waals surface area (Å²) in [7, 11) is 1.66. The van der Waals surface area contributed by atoms with Gasteiger partial charge in [-0.3, -0.25) is 0 Å². The Labute approximate surface area is 146 Å². The minimum absolute atomic E-state index is 0.264. The highest BCUT2D eigenvalue weighted by Gasteiger charge is 2.10. The van der Waals surface area contributed by atoms with Crippen molar-refractivity contribution in [2.75, 3.05) is 7.11 Å². The fraction of sp³-hybridized carbons (Fsp3) is 0.0909. The number of aromatic amines is 1. The zero-order valence-electron chi connectivity index (χ0n) is 14.2. The SMILES string of the molecule is COc1ccc(-c2ccc(O)c(-c3cc4cc(C)ccc4[nH]3)c2)cc1. The van der Waals surface area contributed by atoms with Crippen LogP contribution in [0.3, 0.4) is 0 Å². The molecule has 0 radical (unpaired) electrons. The van der Waals surface area contributed by atoms with Crippen molar-refractivity contribution in [3.63, 3.8) is 0 Å². The van der Waals surface area contributed by atoms with Gasteiger partial charge in [0.1, 0.15) is 11.5 Å². The average molecular weight is 329 g/mol. The number of benzene rings is 3. The molecular formula is C22H19NO2. The van der Waals surface area contributed by atoms with Crippen molar-refractivity contribution in [3.05, 3.63) is 72.3 Å². The van der Waals surface area contributed by atoms with Gasteiger partial charge in [0.05, 0.1) is 12.8 Å². The number of aromatic hydroxyl groups is 1. The van der Waals surface area contributed by atoms with Crippen LogP contribution in [0.1, 0.15) is 5.56 Å². The standard InChI is InChI=1S/C22H19NO2/c1-14-3-9-20-17(11-14)13-21(23-20)19-12-16(6-10-22(19)24)15-4-7-18(25-2)8-5-15/h3-13,23-24H,1-2H3. The van der Waals surface area contributed by atoms with Gasteiger partial charge in [-0.2, -0.15) is 0 Å². The lowest BCUT2D eigenvalue weighted by molar-refractivity contribution is 0.415. The Morgan fingerprint density at radius 1 is 0.840 bits per heavy atom. The first-order valence-electron chi connectivity index (χ1n) is 8.21. The highest BCUT2D eigenvalue weighted by Crippen LogP contribution is 2.35. The van der Waals surface area contributed by atoms with E-state index in [2.05, 4.69) is 36.2 Å². The second-order valence-electron chi connectivity index (χ2n) is 6.23. The van der Waals surface area contributed by atoms with Crippen LogP contribution in [-0.4, -0.2) is 17.2 Å². The molecule has 0 amide bonds. The van der Waals surface area contributed by atoms with E-state index in [9.17, 15) is 5.11 Å². The van der Waals surface area contributed by atoms with Gasteiger partial charge in [0.25, 0.3) is 0 Å². The lowest BCUT2D eigenvalue weighted by Crippen LogP contribution is -1.85. The van der Waals surface area contributed by atoms with E-state index in [0.717, 1.165) is 39.0 Å².